The van der Waals surface area contributed by atoms with Crippen LogP contribution in [-0.4, -0.2) is 0 Å². The molecular weight excluding hydrogens is 206 g/mol. The van der Waals surface area contributed by atoms with Crippen LogP contribution in [0.2, 0.25) is 0 Å². The molecule has 3 heteroatoms. The predicted octanol–water partition coefficient (Wildman–Crippen LogP) is 3.50. The standard InChI is InChI=1S/C12H15NOS/c1-9-4-6-15-12(9)7-13-10(2)11-3-5-14-8-11/h3-6,8,10,13H,7H2,1-2H3. The van der Waals surface area contributed by atoms with E-state index in [2.05, 4.69) is 30.6 Å². The molecule has 0 radical (unpaired) electrons. The lowest BCUT2D eigenvalue weighted by Crippen LogP contribution is -2.17. The van der Waals surface area contributed by atoms with Crippen LogP contribution in [0.3, 0.4) is 0 Å². The van der Waals surface area contributed by atoms with Gasteiger partial charge < -0.3 is 9.73 Å². The monoisotopic (exact) mass is 221 g/mol. The third kappa shape index (κ3) is 2.49. The molecule has 2 heterocycles. The lowest BCUT2D eigenvalue weighted by atomic mass is 10.2. The largest absolute Gasteiger partial charge is 0.472 e. The second-order valence-corrected chi connectivity index (χ2v) is 4.69. The highest BCUT2D eigenvalue weighted by atomic mass is 32.1. The Morgan fingerprint density at radius 1 is 1.47 bits per heavy atom. The third-order valence-corrected chi connectivity index (χ3v) is 3.60. The number of aryl methyl sites for hydroxylation is 1. The Balaban J connectivity index is 1.91. The van der Waals surface area contributed by atoms with E-state index < -0.39 is 0 Å². The van der Waals surface area contributed by atoms with Gasteiger partial charge in [0.2, 0.25) is 0 Å². The van der Waals surface area contributed by atoms with Crippen molar-refractivity contribution >= 4 is 11.3 Å². The molecule has 2 aromatic heterocycles. The van der Waals surface area contributed by atoms with Gasteiger partial charge in [0.05, 0.1) is 12.5 Å². The van der Waals surface area contributed by atoms with Crippen LogP contribution < -0.4 is 5.32 Å². The van der Waals surface area contributed by atoms with Crippen molar-refractivity contribution in [2.75, 3.05) is 0 Å². The molecule has 15 heavy (non-hydrogen) atoms. The highest BCUT2D eigenvalue weighted by molar-refractivity contribution is 7.10. The van der Waals surface area contributed by atoms with Crippen LogP contribution in [0.1, 0.15) is 29.0 Å². The van der Waals surface area contributed by atoms with Crippen LogP contribution in [0.25, 0.3) is 0 Å². The maximum Gasteiger partial charge on any atom is 0.0950 e. The van der Waals surface area contributed by atoms with E-state index in [9.17, 15) is 0 Å². The SMILES string of the molecule is Cc1ccsc1CNC(C)c1ccoc1. The highest BCUT2D eigenvalue weighted by Crippen LogP contribution is 2.18. The van der Waals surface area contributed by atoms with Gasteiger partial charge in [-0.3, -0.25) is 0 Å². The summed E-state index contributed by atoms with van der Waals surface area (Å²) in [6.07, 6.45) is 3.50. The topological polar surface area (TPSA) is 25.2 Å². The van der Waals surface area contributed by atoms with Crippen LogP contribution in [0.4, 0.5) is 0 Å². The van der Waals surface area contributed by atoms with Crippen molar-refractivity contribution in [3.05, 3.63) is 46.0 Å². The van der Waals surface area contributed by atoms with Gasteiger partial charge in [-0.05, 0) is 36.9 Å². The Bertz CT molecular complexity index is 405. The number of hydrogen-bond donors (Lipinski definition) is 1. The Morgan fingerprint density at radius 2 is 2.33 bits per heavy atom. The van der Waals surface area contributed by atoms with Crippen molar-refractivity contribution in [2.45, 2.75) is 26.4 Å². The van der Waals surface area contributed by atoms with E-state index in [1.165, 1.54) is 16.0 Å². The van der Waals surface area contributed by atoms with E-state index in [1.54, 1.807) is 23.9 Å². The van der Waals surface area contributed by atoms with Crippen molar-refractivity contribution in [3.8, 4) is 0 Å². The van der Waals surface area contributed by atoms with Crippen LogP contribution in [0.15, 0.2) is 34.5 Å². The summed E-state index contributed by atoms with van der Waals surface area (Å²) in [6.45, 7) is 5.22. The van der Waals surface area contributed by atoms with Gasteiger partial charge in [-0.1, -0.05) is 0 Å². The predicted molar refractivity (Wildman–Crippen MR) is 63.0 cm³/mol. The molecule has 0 aliphatic carbocycles. The molecule has 1 atom stereocenters. The molecule has 0 amide bonds. The molecule has 2 nitrogen and oxygen atoms in total. The second kappa shape index (κ2) is 4.64. The van der Waals surface area contributed by atoms with Gasteiger partial charge in [0.1, 0.15) is 0 Å². The Hall–Kier alpha value is -1.06. The summed E-state index contributed by atoms with van der Waals surface area (Å²) in [4.78, 5) is 1.41. The smallest absolute Gasteiger partial charge is 0.0950 e. The molecular formula is C12H15NOS. The molecule has 0 fully saturated rings. The average molecular weight is 221 g/mol. The van der Waals surface area contributed by atoms with Crippen LogP contribution >= 0.6 is 11.3 Å². The lowest BCUT2D eigenvalue weighted by Gasteiger charge is -2.11. The van der Waals surface area contributed by atoms with Crippen molar-refractivity contribution in [2.24, 2.45) is 0 Å². The van der Waals surface area contributed by atoms with Crippen molar-refractivity contribution in [1.29, 1.82) is 0 Å². The first-order valence-corrected chi connectivity index (χ1v) is 5.94. The minimum absolute atomic E-state index is 0.338. The fourth-order valence-electron chi connectivity index (χ4n) is 1.47. The van der Waals surface area contributed by atoms with Crippen LogP contribution in [-0.2, 0) is 6.54 Å². The molecule has 1 unspecified atom stereocenters. The Morgan fingerprint density at radius 3 is 2.93 bits per heavy atom. The normalized spacial score (nSPS) is 12.9. The molecule has 2 rings (SSSR count). The quantitative estimate of drug-likeness (QED) is 0.854. The molecule has 2 aromatic rings. The van der Waals surface area contributed by atoms with E-state index >= 15 is 0 Å². The summed E-state index contributed by atoms with van der Waals surface area (Å²) in [6, 6.07) is 4.49. The van der Waals surface area contributed by atoms with E-state index in [0.717, 1.165) is 6.54 Å². The molecule has 0 saturated carbocycles. The fourth-order valence-corrected chi connectivity index (χ4v) is 2.33. The van der Waals surface area contributed by atoms with E-state index in [4.69, 9.17) is 4.42 Å². The number of rotatable bonds is 4. The van der Waals surface area contributed by atoms with Gasteiger partial charge in [-0.15, -0.1) is 11.3 Å². The summed E-state index contributed by atoms with van der Waals surface area (Å²) in [5, 5.41) is 5.61. The van der Waals surface area contributed by atoms with Crippen molar-refractivity contribution in [3.63, 3.8) is 0 Å². The number of furan rings is 1. The van der Waals surface area contributed by atoms with Gasteiger partial charge in [0.25, 0.3) is 0 Å². The van der Waals surface area contributed by atoms with Gasteiger partial charge in [-0.2, -0.15) is 0 Å². The molecule has 0 bridgehead atoms. The molecule has 0 saturated heterocycles. The zero-order valence-electron chi connectivity index (χ0n) is 8.99. The van der Waals surface area contributed by atoms with Gasteiger partial charge >= 0.3 is 0 Å². The summed E-state index contributed by atoms with van der Waals surface area (Å²) in [5.74, 6) is 0. The maximum absolute atomic E-state index is 5.06. The van der Waals surface area contributed by atoms with Gasteiger partial charge in [0.15, 0.2) is 0 Å². The minimum atomic E-state index is 0.338. The van der Waals surface area contributed by atoms with E-state index in [-0.39, 0.29) is 0 Å². The molecule has 0 aliphatic rings. The van der Waals surface area contributed by atoms with Crippen LogP contribution in [0, 0.1) is 6.92 Å². The summed E-state index contributed by atoms with van der Waals surface area (Å²) in [7, 11) is 0. The van der Waals surface area contributed by atoms with Crippen LogP contribution in [0.5, 0.6) is 0 Å². The third-order valence-electron chi connectivity index (χ3n) is 2.58. The molecule has 0 spiro atoms. The average Bonchev–Trinajstić information content (AvgIpc) is 2.85. The summed E-state index contributed by atoms with van der Waals surface area (Å²) < 4.78 is 5.06. The molecule has 80 valence electrons. The van der Waals surface area contributed by atoms with Gasteiger partial charge in [0, 0.05) is 23.0 Å². The van der Waals surface area contributed by atoms with E-state index in [1.807, 2.05) is 6.07 Å². The first kappa shape index (κ1) is 10.5. The molecule has 1 N–H and O–H groups in total. The van der Waals surface area contributed by atoms with E-state index in [0.29, 0.717) is 6.04 Å². The summed E-state index contributed by atoms with van der Waals surface area (Å²) >= 11 is 1.80. The number of hydrogen-bond acceptors (Lipinski definition) is 3. The fraction of sp³-hybridized carbons (Fsp3) is 0.333. The van der Waals surface area contributed by atoms with Crippen molar-refractivity contribution < 1.29 is 4.42 Å². The minimum Gasteiger partial charge on any atom is -0.472 e. The van der Waals surface area contributed by atoms with Gasteiger partial charge in [-0.25, -0.2) is 0 Å². The second-order valence-electron chi connectivity index (χ2n) is 3.69. The number of thiophene rings is 1. The zero-order chi connectivity index (χ0) is 10.7. The maximum atomic E-state index is 5.06. The molecule has 0 aromatic carbocycles. The lowest BCUT2D eigenvalue weighted by molar-refractivity contribution is 0.539. The highest BCUT2D eigenvalue weighted by Gasteiger charge is 2.07. The zero-order valence-corrected chi connectivity index (χ0v) is 9.80. The van der Waals surface area contributed by atoms with Crippen molar-refractivity contribution in [1.82, 2.24) is 5.32 Å². The first-order valence-electron chi connectivity index (χ1n) is 5.06. The molecule has 0 aliphatic heterocycles. The first-order chi connectivity index (χ1) is 7.27. The Kier molecular flexibility index (Phi) is 3.23. The Labute approximate surface area is 93.9 Å². The summed E-state index contributed by atoms with van der Waals surface area (Å²) in [5.41, 5.74) is 2.57. The number of nitrogens with one attached hydrogen (secondary N) is 1.